The highest BCUT2D eigenvalue weighted by atomic mass is 32.1. The van der Waals surface area contributed by atoms with E-state index >= 15 is 0 Å². The highest BCUT2D eigenvalue weighted by Crippen LogP contribution is 2.12. The van der Waals surface area contributed by atoms with Gasteiger partial charge in [0.05, 0.1) is 4.53 Å². The van der Waals surface area contributed by atoms with Gasteiger partial charge >= 0.3 is 0 Å². The predicted molar refractivity (Wildman–Crippen MR) is 81.4 cm³/mol. The Kier molecular flexibility index (Phi) is 3.02. The maximum atomic E-state index is 12.2. The molecule has 0 aliphatic carbocycles. The Bertz CT molecular complexity index is 861. The first-order valence-electron chi connectivity index (χ1n) is 6.20. The topological polar surface area (TPSA) is 50.5 Å². The summed E-state index contributed by atoms with van der Waals surface area (Å²) in [5.74, 6) is 0.629. The van der Waals surface area contributed by atoms with Crippen molar-refractivity contribution in [3.63, 3.8) is 0 Å². The van der Waals surface area contributed by atoms with Crippen LogP contribution in [0.25, 0.3) is 11.0 Å². The molecule has 2 heterocycles. The molecule has 2 aromatic heterocycles. The second kappa shape index (κ2) is 4.72. The largest absolute Gasteiger partial charge is 0.378 e. The smallest absolute Gasteiger partial charge is 0.275 e. The van der Waals surface area contributed by atoms with E-state index in [-0.39, 0.29) is 5.56 Å². The minimum atomic E-state index is -0.0517. The van der Waals surface area contributed by atoms with Gasteiger partial charge in [-0.25, -0.2) is 4.40 Å². The Morgan fingerprint density at radius 1 is 1.20 bits per heavy atom. The molecular weight excluding hydrogens is 272 g/mol. The number of rotatable bonds is 2. The van der Waals surface area contributed by atoms with Gasteiger partial charge in [0.25, 0.3) is 5.56 Å². The minimum absolute atomic E-state index is 0.0517. The van der Waals surface area contributed by atoms with Crippen LogP contribution in [0.4, 0.5) is 5.69 Å². The standard InChI is InChI=1S/C14H14N4OS/c1-9-15-16-14-18(9)13(19)12(20-14)8-10-4-6-11(7-5-10)17(2)3/h4-8H,1-3H3/b12-8+. The van der Waals surface area contributed by atoms with Gasteiger partial charge in [-0.05, 0) is 30.7 Å². The van der Waals surface area contributed by atoms with Crippen LogP contribution >= 0.6 is 11.3 Å². The summed E-state index contributed by atoms with van der Waals surface area (Å²) < 4.78 is 2.22. The molecule has 1 aromatic carbocycles. The highest BCUT2D eigenvalue weighted by molar-refractivity contribution is 7.15. The van der Waals surface area contributed by atoms with Crippen LogP contribution in [0.1, 0.15) is 11.4 Å². The fourth-order valence-corrected chi connectivity index (χ4v) is 2.96. The number of benzene rings is 1. The molecule has 0 fully saturated rings. The fourth-order valence-electron chi connectivity index (χ4n) is 2.01. The van der Waals surface area contributed by atoms with Crippen molar-refractivity contribution in [1.29, 1.82) is 0 Å². The molecule has 3 rings (SSSR count). The Hall–Kier alpha value is -2.21. The van der Waals surface area contributed by atoms with Crippen LogP contribution in [0.15, 0.2) is 29.1 Å². The number of aromatic nitrogens is 3. The van der Waals surface area contributed by atoms with Crippen LogP contribution in [-0.2, 0) is 0 Å². The van der Waals surface area contributed by atoms with Gasteiger partial charge in [0.15, 0.2) is 0 Å². The zero-order valence-electron chi connectivity index (χ0n) is 11.5. The van der Waals surface area contributed by atoms with E-state index in [1.807, 2.05) is 49.3 Å². The van der Waals surface area contributed by atoms with Crippen LogP contribution < -0.4 is 15.0 Å². The SMILES string of the molecule is Cc1nnc2s/c(=C/c3ccc(N(C)C)cc3)c(=O)n12. The monoisotopic (exact) mass is 286 g/mol. The third-order valence-corrected chi connectivity index (χ3v) is 4.08. The van der Waals surface area contributed by atoms with Gasteiger partial charge in [0, 0.05) is 19.8 Å². The first-order chi connectivity index (χ1) is 9.56. The zero-order valence-corrected chi connectivity index (χ0v) is 12.3. The summed E-state index contributed by atoms with van der Waals surface area (Å²) in [6.07, 6.45) is 1.89. The number of nitrogens with zero attached hydrogens (tertiary/aromatic N) is 4. The van der Waals surface area contributed by atoms with Gasteiger partial charge in [0.2, 0.25) is 4.96 Å². The van der Waals surface area contributed by atoms with Crippen molar-refractivity contribution < 1.29 is 0 Å². The molecular formula is C14H14N4OS. The first-order valence-corrected chi connectivity index (χ1v) is 7.01. The molecule has 0 aliphatic heterocycles. The van der Waals surface area contributed by atoms with Gasteiger partial charge in [-0.3, -0.25) is 4.79 Å². The van der Waals surface area contributed by atoms with E-state index in [9.17, 15) is 4.79 Å². The fraction of sp³-hybridized carbons (Fsp3) is 0.214. The van der Waals surface area contributed by atoms with Crippen molar-refractivity contribution in [2.24, 2.45) is 0 Å². The normalized spacial score (nSPS) is 12.2. The second-order valence-electron chi connectivity index (χ2n) is 4.77. The second-order valence-corrected chi connectivity index (χ2v) is 5.78. The lowest BCUT2D eigenvalue weighted by atomic mass is 10.2. The molecule has 0 spiro atoms. The van der Waals surface area contributed by atoms with E-state index < -0.39 is 0 Å². The molecule has 20 heavy (non-hydrogen) atoms. The number of aryl methyl sites for hydroxylation is 1. The van der Waals surface area contributed by atoms with Crippen molar-refractivity contribution in [2.45, 2.75) is 6.92 Å². The Morgan fingerprint density at radius 2 is 1.90 bits per heavy atom. The summed E-state index contributed by atoms with van der Waals surface area (Å²) in [6, 6.07) is 8.06. The van der Waals surface area contributed by atoms with E-state index in [2.05, 4.69) is 10.2 Å². The summed E-state index contributed by atoms with van der Waals surface area (Å²) in [7, 11) is 4.00. The average Bonchev–Trinajstić information content (AvgIpc) is 2.93. The van der Waals surface area contributed by atoms with E-state index in [1.54, 1.807) is 11.3 Å². The molecule has 0 aliphatic rings. The molecule has 0 atom stereocenters. The highest BCUT2D eigenvalue weighted by Gasteiger charge is 2.08. The van der Waals surface area contributed by atoms with Crippen LogP contribution in [0.3, 0.4) is 0 Å². The molecule has 0 N–H and O–H groups in total. The maximum Gasteiger partial charge on any atom is 0.275 e. The molecule has 0 unspecified atom stereocenters. The number of hydrogen-bond donors (Lipinski definition) is 0. The summed E-state index contributed by atoms with van der Waals surface area (Å²) in [6.45, 7) is 1.78. The molecule has 3 aromatic rings. The van der Waals surface area contributed by atoms with E-state index in [4.69, 9.17) is 0 Å². The summed E-state index contributed by atoms with van der Waals surface area (Å²) in [4.78, 5) is 14.9. The number of hydrogen-bond acceptors (Lipinski definition) is 5. The minimum Gasteiger partial charge on any atom is -0.378 e. The molecule has 0 bridgehead atoms. The van der Waals surface area contributed by atoms with Gasteiger partial charge < -0.3 is 4.90 Å². The number of fused-ring (bicyclic) bond motifs is 1. The lowest BCUT2D eigenvalue weighted by Gasteiger charge is -2.11. The molecule has 0 amide bonds. The van der Waals surface area contributed by atoms with Gasteiger partial charge in [-0.2, -0.15) is 0 Å². The van der Waals surface area contributed by atoms with Crippen LogP contribution in [0, 0.1) is 6.92 Å². The van der Waals surface area contributed by atoms with E-state index in [1.165, 1.54) is 11.3 Å². The van der Waals surface area contributed by atoms with Crippen molar-refractivity contribution in [2.75, 3.05) is 19.0 Å². The Morgan fingerprint density at radius 3 is 2.50 bits per heavy atom. The Labute approximate surface area is 119 Å². The third-order valence-electron chi connectivity index (χ3n) is 3.12. The third kappa shape index (κ3) is 2.08. The molecule has 0 radical (unpaired) electrons. The van der Waals surface area contributed by atoms with Crippen LogP contribution in [-0.4, -0.2) is 28.7 Å². The van der Waals surface area contributed by atoms with Crippen LogP contribution in [0.5, 0.6) is 0 Å². The van der Waals surface area contributed by atoms with E-state index in [0.717, 1.165) is 11.3 Å². The van der Waals surface area contributed by atoms with Gasteiger partial charge in [-0.15, -0.1) is 10.2 Å². The first kappa shape index (κ1) is 12.8. The summed E-state index contributed by atoms with van der Waals surface area (Å²) in [5, 5.41) is 7.88. The average molecular weight is 286 g/mol. The quantitative estimate of drug-likeness (QED) is 0.707. The lowest BCUT2D eigenvalue weighted by Crippen LogP contribution is -2.23. The molecule has 0 saturated carbocycles. The van der Waals surface area contributed by atoms with Crippen molar-refractivity contribution >= 4 is 28.1 Å². The molecule has 102 valence electrons. The Balaban J connectivity index is 2.10. The summed E-state index contributed by atoms with van der Waals surface area (Å²) in [5.41, 5.74) is 2.08. The van der Waals surface area contributed by atoms with E-state index in [0.29, 0.717) is 15.3 Å². The maximum absolute atomic E-state index is 12.2. The zero-order chi connectivity index (χ0) is 14.3. The van der Waals surface area contributed by atoms with Crippen molar-refractivity contribution in [3.8, 4) is 0 Å². The molecule has 0 saturated heterocycles. The number of anilines is 1. The van der Waals surface area contributed by atoms with Crippen molar-refractivity contribution in [1.82, 2.24) is 14.6 Å². The summed E-state index contributed by atoms with van der Waals surface area (Å²) >= 11 is 1.36. The predicted octanol–water partition coefficient (Wildman–Crippen LogP) is 1.07. The molecule has 6 heteroatoms. The van der Waals surface area contributed by atoms with Crippen molar-refractivity contribution in [3.05, 3.63) is 50.5 Å². The van der Waals surface area contributed by atoms with Gasteiger partial charge in [0.1, 0.15) is 5.82 Å². The lowest BCUT2D eigenvalue weighted by molar-refractivity contribution is 0.984. The number of thiazole rings is 1. The van der Waals surface area contributed by atoms with Gasteiger partial charge in [-0.1, -0.05) is 23.5 Å². The molecule has 5 nitrogen and oxygen atoms in total. The van der Waals surface area contributed by atoms with Crippen LogP contribution in [0.2, 0.25) is 0 Å².